The van der Waals surface area contributed by atoms with Crippen LogP contribution in [0.3, 0.4) is 0 Å². The zero-order chi connectivity index (χ0) is 11.4. The number of piperidine rings is 1. The second kappa shape index (κ2) is 5.37. The maximum absolute atomic E-state index is 11.7. The molecule has 0 aliphatic carbocycles. The van der Waals surface area contributed by atoms with E-state index < -0.39 is 0 Å². The zero-order valence-electron chi connectivity index (χ0n) is 9.05. The Morgan fingerprint density at radius 3 is 3.06 bits per heavy atom. The summed E-state index contributed by atoms with van der Waals surface area (Å²) in [6.07, 6.45) is 5.21. The number of amides is 1. The number of hydrogen-bond donors (Lipinski definition) is 3. The minimum Gasteiger partial charge on any atom is -0.356 e. The van der Waals surface area contributed by atoms with Gasteiger partial charge in [0, 0.05) is 18.8 Å². The molecule has 1 saturated heterocycles. The van der Waals surface area contributed by atoms with Crippen LogP contribution in [0, 0.1) is 0 Å². The predicted molar refractivity (Wildman–Crippen MR) is 63.8 cm³/mol. The Balaban J connectivity index is 1.79. The molecule has 1 atom stereocenters. The molecule has 0 radical (unpaired) electrons. The summed E-state index contributed by atoms with van der Waals surface area (Å²) < 4.78 is 0. The fourth-order valence-corrected chi connectivity index (χ4v) is 2.07. The Labute approximate surface area is 99.8 Å². The van der Waals surface area contributed by atoms with Gasteiger partial charge in [-0.1, -0.05) is 18.0 Å². The lowest BCUT2D eigenvalue weighted by molar-refractivity contribution is 0.0943. The van der Waals surface area contributed by atoms with Crippen molar-refractivity contribution < 1.29 is 4.79 Å². The van der Waals surface area contributed by atoms with E-state index in [0.717, 1.165) is 13.0 Å². The monoisotopic (exact) mass is 241 g/mol. The SMILES string of the molecule is O=C(NCC1CCCCN1)c1cc(Cl)c[nH]1. The van der Waals surface area contributed by atoms with E-state index in [2.05, 4.69) is 15.6 Å². The molecule has 0 aromatic carbocycles. The lowest BCUT2D eigenvalue weighted by Gasteiger charge is -2.23. The molecule has 5 heteroatoms. The molecular formula is C11H16ClN3O. The Morgan fingerprint density at radius 2 is 2.44 bits per heavy atom. The molecule has 3 N–H and O–H groups in total. The Kier molecular flexibility index (Phi) is 3.85. The Morgan fingerprint density at radius 1 is 1.56 bits per heavy atom. The standard InChI is InChI=1S/C11H16ClN3O/c12-8-5-10(14-6-8)11(16)15-7-9-3-1-2-4-13-9/h5-6,9,13-14H,1-4,7H2,(H,15,16). The van der Waals surface area contributed by atoms with Gasteiger partial charge in [-0.15, -0.1) is 0 Å². The van der Waals surface area contributed by atoms with E-state index in [0.29, 0.717) is 23.3 Å². The smallest absolute Gasteiger partial charge is 0.267 e. The minimum atomic E-state index is -0.0979. The molecule has 0 saturated carbocycles. The average molecular weight is 242 g/mol. The summed E-state index contributed by atoms with van der Waals surface area (Å²) in [6.45, 7) is 1.73. The molecule has 1 fully saturated rings. The van der Waals surface area contributed by atoms with Crippen molar-refractivity contribution in [2.45, 2.75) is 25.3 Å². The fraction of sp³-hybridized carbons (Fsp3) is 0.545. The Hall–Kier alpha value is -1.00. The van der Waals surface area contributed by atoms with E-state index >= 15 is 0 Å². The van der Waals surface area contributed by atoms with E-state index in [1.165, 1.54) is 12.8 Å². The average Bonchev–Trinajstić information content (AvgIpc) is 2.74. The van der Waals surface area contributed by atoms with Crippen LogP contribution in [0.2, 0.25) is 5.02 Å². The fourth-order valence-electron chi connectivity index (χ4n) is 1.91. The van der Waals surface area contributed by atoms with Crippen molar-refractivity contribution in [1.82, 2.24) is 15.6 Å². The number of halogens is 1. The first-order valence-corrected chi connectivity index (χ1v) is 5.99. The first-order valence-electron chi connectivity index (χ1n) is 5.61. The molecule has 0 bridgehead atoms. The highest BCUT2D eigenvalue weighted by Crippen LogP contribution is 2.09. The van der Waals surface area contributed by atoms with Crippen LogP contribution >= 0.6 is 11.6 Å². The number of H-pyrrole nitrogens is 1. The molecule has 1 aromatic rings. The molecule has 0 spiro atoms. The van der Waals surface area contributed by atoms with Crippen LogP contribution in [-0.2, 0) is 0 Å². The number of carbonyl (C=O) groups excluding carboxylic acids is 1. The van der Waals surface area contributed by atoms with Gasteiger partial charge in [0.2, 0.25) is 0 Å². The van der Waals surface area contributed by atoms with E-state index in [4.69, 9.17) is 11.6 Å². The minimum absolute atomic E-state index is 0.0979. The molecule has 16 heavy (non-hydrogen) atoms. The van der Waals surface area contributed by atoms with Gasteiger partial charge in [0.15, 0.2) is 0 Å². The van der Waals surface area contributed by atoms with Gasteiger partial charge in [0.05, 0.1) is 5.02 Å². The van der Waals surface area contributed by atoms with E-state index in [-0.39, 0.29) is 5.91 Å². The lowest BCUT2D eigenvalue weighted by Crippen LogP contribution is -2.43. The van der Waals surface area contributed by atoms with Crippen molar-refractivity contribution in [2.24, 2.45) is 0 Å². The molecule has 88 valence electrons. The van der Waals surface area contributed by atoms with Gasteiger partial charge in [-0.2, -0.15) is 0 Å². The van der Waals surface area contributed by atoms with Crippen molar-refractivity contribution in [3.05, 3.63) is 23.0 Å². The van der Waals surface area contributed by atoms with Crippen LogP contribution in [0.5, 0.6) is 0 Å². The van der Waals surface area contributed by atoms with Crippen LogP contribution in [-0.4, -0.2) is 30.0 Å². The van der Waals surface area contributed by atoms with Gasteiger partial charge >= 0.3 is 0 Å². The number of aromatic nitrogens is 1. The van der Waals surface area contributed by atoms with Gasteiger partial charge in [0.25, 0.3) is 5.91 Å². The number of carbonyl (C=O) groups is 1. The summed E-state index contributed by atoms with van der Waals surface area (Å²) in [5, 5.41) is 6.83. The molecule has 1 amide bonds. The molecule has 2 heterocycles. The Bertz CT molecular complexity index is 358. The van der Waals surface area contributed by atoms with Gasteiger partial charge in [-0.05, 0) is 25.5 Å². The third kappa shape index (κ3) is 3.00. The maximum Gasteiger partial charge on any atom is 0.267 e. The molecule has 1 aromatic heterocycles. The highest BCUT2D eigenvalue weighted by Gasteiger charge is 2.14. The zero-order valence-corrected chi connectivity index (χ0v) is 9.81. The van der Waals surface area contributed by atoms with Crippen LogP contribution in [0.25, 0.3) is 0 Å². The highest BCUT2D eigenvalue weighted by molar-refractivity contribution is 6.30. The molecule has 1 aliphatic rings. The summed E-state index contributed by atoms with van der Waals surface area (Å²) >= 11 is 5.73. The van der Waals surface area contributed by atoms with Crippen molar-refractivity contribution in [3.63, 3.8) is 0 Å². The second-order valence-corrected chi connectivity index (χ2v) is 4.52. The van der Waals surface area contributed by atoms with Crippen molar-refractivity contribution in [3.8, 4) is 0 Å². The summed E-state index contributed by atoms with van der Waals surface area (Å²) in [4.78, 5) is 14.5. The molecular weight excluding hydrogens is 226 g/mol. The van der Waals surface area contributed by atoms with E-state index in [9.17, 15) is 4.79 Å². The summed E-state index contributed by atoms with van der Waals surface area (Å²) in [7, 11) is 0. The summed E-state index contributed by atoms with van der Waals surface area (Å²) in [5.74, 6) is -0.0979. The molecule has 1 aliphatic heterocycles. The molecule has 1 unspecified atom stereocenters. The summed E-state index contributed by atoms with van der Waals surface area (Å²) in [5.41, 5.74) is 0.515. The number of hydrogen-bond acceptors (Lipinski definition) is 2. The first-order chi connectivity index (χ1) is 7.75. The van der Waals surface area contributed by atoms with E-state index in [1.807, 2.05) is 0 Å². The van der Waals surface area contributed by atoms with Gasteiger partial charge in [-0.3, -0.25) is 4.79 Å². The van der Waals surface area contributed by atoms with Crippen molar-refractivity contribution in [1.29, 1.82) is 0 Å². The van der Waals surface area contributed by atoms with Crippen molar-refractivity contribution in [2.75, 3.05) is 13.1 Å². The topological polar surface area (TPSA) is 56.9 Å². The second-order valence-electron chi connectivity index (χ2n) is 4.09. The van der Waals surface area contributed by atoms with Gasteiger partial charge in [-0.25, -0.2) is 0 Å². The van der Waals surface area contributed by atoms with Crippen LogP contribution < -0.4 is 10.6 Å². The van der Waals surface area contributed by atoms with E-state index in [1.54, 1.807) is 12.3 Å². The lowest BCUT2D eigenvalue weighted by atomic mass is 10.1. The van der Waals surface area contributed by atoms with Crippen molar-refractivity contribution >= 4 is 17.5 Å². The molecule has 4 nitrogen and oxygen atoms in total. The van der Waals surface area contributed by atoms with Crippen LogP contribution in [0.15, 0.2) is 12.3 Å². The largest absolute Gasteiger partial charge is 0.356 e. The normalized spacial score (nSPS) is 20.7. The number of rotatable bonds is 3. The maximum atomic E-state index is 11.7. The van der Waals surface area contributed by atoms with Gasteiger partial charge in [0.1, 0.15) is 5.69 Å². The predicted octanol–water partition coefficient (Wildman–Crippen LogP) is 1.54. The third-order valence-corrected chi connectivity index (χ3v) is 3.03. The van der Waals surface area contributed by atoms with Gasteiger partial charge < -0.3 is 15.6 Å². The highest BCUT2D eigenvalue weighted by atomic mass is 35.5. The number of nitrogens with one attached hydrogen (secondary N) is 3. The summed E-state index contributed by atoms with van der Waals surface area (Å²) in [6, 6.07) is 2.04. The number of aromatic amines is 1. The van der Waals surface area contributed by atoms with Crippen LogP contribution in [0.1, 0.15) is 29.8 Å². The first kappa shape index (κ1) is 11.5. The quantitative estimate of drug-likeness (QED) is 0.752. The third-order valence-electron chi connectivity index (χ3n) is 2.81. The van der Waals surface area contributed by atoms with Crippen LogP contribution in [0.4, 0.5) is 0 Å². The molecule has 2 rings (SSSR count).